The molecule has 1 aromatic rings. The quantitative estimate of drug-likeness (QED) is 0.894. The van der Waals surface area contributed by atoms with Gasteiger partial charge in [-0.2, -0.15) is 0 Å². The number of primary sulfonamides is 1. The minimum Gasteiger partial charge on any atom is -0.492 e. The predicted molar refractivity (Wildman–Crippen MR) is 80.8 cm³/mol. The molecule has 0 spiro atoms. The average molecular weight is 321 g/mol. The first-order valence-corrected chi connectivity index (χ1v) is 8.08. The summed E-state index contributed by atoms with van der Waals surface area (Å²) in [5.41, 5.74) is 0. The molecule has 0 aromatic heterocycles. The summed E-state index contributed by atoms with van der Waals surface area (Å²) in [6.45, 7) is 3.83. The highest BCUT2D eigenvalue weighted by Gasteiger charge is 2.10. The molecule has 1 fully saturated rings. The summed E-state index contributed by atoms with van der Waals surface area (Å²) < 4.78 is 27.8. The highest BCUT2D eigenvalue weighted by Crippen LogP contribution is 2.15. The van der Waals surface area contributed by atoms with Gasteiger partial charge in [-0.3, -0.25) is 4.90 Å². The first kappa shape index (κ1) is 17.2. The standard InChI is InChI=1S/C13H20N2O3S.ClH/c14-19(16,17)13-6-4-12(5-7-13)18-11-10-15-8-2-1-3-9-15;/h4-7H,1-3,8-11H2,(H2,14,16,17);1H. The second kappa shape index (κ2) is 7.83. The lowest BCUT2D eigenvalue weighted by atomic mass is 10.1. The van der Waals surface area contributed by atoms with Crippen LogP contribution in [-0.4, -0.2) is 39.6 Å². The van der Waals surface area contributed by atoms with Gasteiger partial charge in [-0.05, 0) is 50.2 Å². The molecule has 114 valence electrons. The second-order valence-corrected chi connectivity index (χ2v) is 6.33. The number of ether oxygens (including phenoxy) is 1. The Morgan fingerprint density at radius 3 is 2.25 bits per heavy atom. The lowest BCUT2D eigenvalue weighted by molar-refractivity contribution is 0.183. The molecule has 1 aliphatic heterocycles. The molecule has 1 saturated heterocycles. The number of nitrogens with two attached hydrogens (primary N) is 1. The number of likely N-dealkylation sites (tertiary alicyclic amines) is 1. The number of hydrogen-bond donors (Lipinski definition) is 1. The van der Waals surface area contributed by atoms with Gasteiger partial charge in [0.25, 0.3) is 0 Å². The zero-order valence-corrected chi connectivity index (χ0v) is 13.0. The van der Waals surface area contributed by atoms with Gasteiger partial charge in [0.1, 0.15) is 12.4 Å². The molecule has 0 aliphatic carbocycles. The highest BCUT2D eigenvalue weighted by molar-refractivity contribution is 7.89. The molecule has 1 aliphatic rings. The van der Waals surface area contributed by atoms with Gasteiger partial charge in [0, 0.05) is 6.54 Å². The maximum Gasteiger partial charge on any atom is 0.238 e. The average Bonchev–Trinajstić information content (AvgIpc) is 2.39. The first-order valence-electron chi connectivity index (χ1n) is 6.54. The molecular formula is C13H21ClN2O3S. The summed E-state index contributed by atoms with van der Waals surface area (Å²) in [4.78, 5) is 2.50. The molecule has 2 rings (SSSR count). The van der Waals surface area contributed by atoms with Crippen molar-refractivity contribution in [1.82, 2.24) is 4.90 Å². The van der Waals surface area contributed by atoms with Crippen LogP contribution >= 0.6 is 12.4 Å². The molecule has 0 atom stereocenters. The summed E-state index contributed by atoms with van der Waals surface area (Å²) in [5, 5.41) is 5.03. The van der Waals surface area contributed by atoms with E-state index in [2.05, 4.69) is 4.90 Å². The molecule has 2 N–H and O–H groups in total. The number of rotatable bonds is 5. The van der Waals surface area contributed by atoms with E-state index in [4.69, 9.17) is 9.88 Å². The largest absolute Gasteiger partial charge is 0.492 e. The van der Waals surface area contributed by atoms with E-state index < -0.39 is 10.0 Å². The Balaban J connectivity index is 0.00000200. The minimum absolute atomic E-state index is 0. The minimum atomic E-state index is -3.62. The Hall–Kier alpha value is -0.820. The number of piperidine rings is 1. The van der Waals surface area contributed by atoms with Crippen LogP contribution in [-0.2, 0) is 10.0 Å². The molecule has 0 amide bonds. The number of sulfonamides is 1. The molecule has 0 saturated carbocycles. The van der Waals surface area contributed by atoms with Crippen LogP contribution in [0.15, 0.2) is 29.2 Å². The van der Waals surface area contributed by atoms with Gasteiger partial charge >= 0.3 is 0 Å². The molecular weight excluding hydrogens is 300 g/mol. The van der Waals surface area contributed by atoms with E-state index in [9.17, 15) is 8.42 Å². The molecule has 5 nitrogen and oxygen atoms in total. The summed E-state index contributed by atoms with van der Waals surface area (Å²) in [5.74, 6) is 0.671. The van der Waals surface area contributed by atoms with Crippen LogP contribution in [0.2, 0.25) is 0 Å². The second-order valence-electron chi connectivity index (χ2n) is 4.77. The lowest BCUT2D eigenvalue weighted by Gasteiger charge is -2.26. The van der Waals surface area contributed by atoms with Crippen molar-refractivity contribution in [1.29, 1.82) is 0 Å². The van der Waals surface area contributed by atoms with Crippen molar-refractivity contribution in [2.24, 2.45) is 5.14 Å². The zero-order chi connectivity index (χ0) is 13.7. The van der Waals surface area contributed by atoms with Crippen LogP contribution in [0.1, 0.15) is 19.3 Å². The molecule has 0 bridgehead atoms. The van der Waals surface area contributed by atoms with Gasteiger partial charge in [-0.1, -0.05) is 6.42 Å². The van der Waals surface area contributed by atoms with Gasteiger partial charge in [0.05, 0.1) is 4.90 Å². The first-order chi connectivity index (χ1) is 9.05. The van der Waals surface area contributed by atoms with E-state index >= 15 is 0 Å². The molecule has 20 heavy (non-hydrogen) atoms. The maximum absolute atomic E-state index is 11.1. The van der Waals surface area contributed by atoms with Crippen LogP contribution in [0.5, 0.6) is 5.75 Å². The fourth-order valence-electron chi connectivity index (χ4n) is 2.20. The normalized spacial score (nSPS) is 16.4. The van der Waals surface area contributed by atoms with Crippen molar-refractivity contribution in [3.8, 4) is 5.75 Å². The van der Waals surface area contributed by atoms with Gasteiger partial charge < -0.3 is 4.74 Å². The van der Waals surface area contributed by atoms with Crippen LogP contribution < -0.4 is 9.88 Å². The third kappa shape index (κ3) is 5.28. The Morgan fingerprint density at radius 1 is 1.10 bits per heavy atom. The van der Waals surface area contributed by atoms with Crippen molar-refractivity contribution in [2.75, 3.05) is 26.2 Å². The molecule has 0 unspecified atom stereocenters. The number of benzene rings is 1. The Kier molecular flexibility index (Phi) is 6.75. The van der Waals surface area contributed by atoms with Crippen LogP contribution in [0.4, 0.5) is 0 Å². The highest BCUT2D eigenvalue weighted by atomic mass is 35.5. The molecule has 1 aromatic carbocycles. The van der Waals surface area contributed by atoms with Gasteiger partial charge in [0.2, 0.25) is 10.0 Å². The van der Waals surface area contributed by atoms with Crippen molar-refractivity contribution in [3.05, 3.63) is 24.3 Å². The van der Waals surface area contributed by atoms with Gasteiger partial charge in [-0.25, -0.2) is 13.6 Å². The van der Waals surface area contributed by atoms with Crippen molar-refractivity contribution >= 4 is 22.4 Å². The van der Waals surface area contributed by atoms with E-state index in [1.54, 1.807) is 12.1 Å². The SMILES string of the molecule is Cl.NS(=O)(=O)c1ccc(OCCN2CCCCC2)cc1. The fourth-order valence-corrected chi connectivity index (χ4v) is 2.72. The van der Waals surface area contributed by atoms with Crippen molar-refractivity contribution in [2.45, 2.75) is 24.2 Å². The summed E-state index contributed by atoms with van der Waals surface area (Å²) in [6.07, 6.45) is 3.86. The molecule has 0 radical (unpaired) electrons. The fraction of sp³-hybridized carbons (Fsp3) is 0.538. The maximum atomic E-state index is 11.1. The number of nitrogens with zero attached hydrogens (tertiary/aromatic N) is 1. The summed E-state index contributed by atoms with van der Waals surface area (Å²) in [6, 6.07) is 6.20. The van der Waals surface area contributed by atoms with Crippen molar-refractivity contribution in [3.63, 3.8) is 0 Å². The lowest BCUT2D eigenvalue weighted by Crippen LogP contribution is -2.33. The molecule has 1 heterocycles. The third-order valence-electron chi connectivity index (χ3n) is 3.28. The Labute approximate surface area is 126 Å². The summed E-state index contributed by atoms with van der Waals surface area (Å²) >= 11 is 0. The monoisotopic (exact) mass is 320 g/mol. The zero-order valence-electron chi connectivity index (χ0n) is 11.3. The topological polar surface area (TPSA) is 72.6 Å². The van der Waals surface area contributed by atoms with E-state index in [1.807, 2.05) is 0 Å². The van der Waals surface area contributed by atoms with Crippen LogP contribution in [0.3, 0.4) is 0 Å². The van der Waals surface area contributed by atoms with E-state index in [-0.39, 0.29) is 17.3 Å². The number of hydrogen-bond acceptors (Lipinski definition) is 4. The smallest absolute Gasteiger partial charge is 0.238 e. The van der Waals surface area contributed by atoms with Crippen LogP contribution in [0, 0.1) is 0 Å². The Morgan fingerprint density at radius 2 is 1.70 bits per heavy atom. The van der Waals surface area contributed by atoms with E-state index in [0.29, 0.717) is 12.4 Å². The van der Waals surface area contributed by atoms with Gasteiger partial charge in [-0.15, -0.1) is 12.4 Å². The summed E-state index contributed by atoms with van der Waals surface area (Å²) in [7, 11) is -3.62. The van der Waals surface area contributed by atoms with E-state index in [0.717, 1.165) is 19.6 Å². The van der Waals surface area contributed by atoms with Crippen molar-refractivity contribution < 1.29 is 13.2 Å². The Bertz CT molecular complexity index is 499. The predicted octanol–water partition coefficient (Wildman–Crippen LogP) is 1.62. The van der Waals surface area contributed by atoms with Crippen LogP contribution in [0.25, 0.3) is 0 Å². The number of halogens is 1. The molecule has 7 heteroatoms. The van der Waals surface area contributed by atoms with E-state index in [1.165, 1.54) is 31.4 Å². The third-order valence-corrected chi connectivity index (χ3v) is 4.21. The van der Waals surface area contributed by atoms with Gasteiger partial charge in [0.15, 0.2) is 0 Å².